The Balaban J connectivity index is 1.58. The zero-order chi connectivity index (χ0) is 19.8. The third kappa shape index (κ3) is 3.78. The molecule has 0 bridgehead atoms. The molecule has 2 saturated heterocycles. The van der Waals surface area contributed by atoms with Crippen molar-refractivity contribution in [2.45, 2.75) is 43.7 Å². The van der Waals surface area contributed by atoms with Gasteiger partial charge in [-0.1, -0.05) is 0 Å². The quantitative estimate of drug-likeness (QED) is 0.726. The number of ether oxygens (including phenoxy) is 1. The minimum atomic E-state index is -1.03. The highest BCUT2D eigenvalue weighted by atomic mass is 32.2. The summed E-state index contributed by atoms with van der Waals surface area (Å²) in [6.07, 6.45) is 0.102. The number of primary amides is 1. The standard InChI is InChI=1S/C18H21N3O5S/c1-10(16(24)20-12-5-3-11(4-6-12)15(19)23)26-17(25)13-9-27-18(2)8-7-14(22)21(13)18/h3-6,10,13H,7-9H2,1-2H3,(H2,19,23)(H,20,24)/t10-,13-,18+/m0/s1. The lowest BCUT2D eigenvalue weighted by Gasteiger charge is -2.29. The predicted molar refractivity (Wildman–Crippen MR) is 99.9 cm³/mol. The maximum absolute atomic E-state index is 12.5. The van der Waals surface area contributed by atoms with Crippen LogP contribution in [0.1, 0.15) is 37.0 Å². The van der Waals surface area contributed by atoms with E-state index in [1.54, 1.807) is 16.7 Å². The van der Waals surface area contributed by atoms with Crippen LogP contribution < -0.4 is 11.1 Å². The summed E-state index contributed by atoms with van der Waals surface area (Å²) >= 11 is 1.56. The van der Waals surface area contributed by atoms with E-state index in [4.69, 9.17) is 10.5 Å². The van der Waals surface area contributed by atoms with Gasteiger partial charge in [-0.25, -0.2) is 4.79 Å². The van der Waals surface area contributed by atoms with Crippen LogP contribution in [0.15, 0.2) is 24.3 Å². The fraction of sp³-hybridized carbons (Fsp3) is 0.444. The van der Waals surface area contributed by atoms with Crippen molar-refractivity contribution in [3.63, 3.8) is 0 Å². The molecule has 27 heavy (non-hydrogen) atoms. The molecule has 3 rings (SSSR count). The van der Waals surface area contributed by atoms with Gasteiger partial charge in [-0.3, -0.25) is 14.4 Å². The maximum atomic E-state index is 12.5. The molecular weight excluding hydrogens is 370 g/mol. The number of carbonyl (C=O) groups excluding carboxylic acids is 4. The van der Waals surface area contributed by atoms with Crippen LogP contribution >= 0.6 is 11.8 Å². The molecule has 0 saturated carbocycles. The molecule has 2 fully saturated rings. The first kappa shape index (κ1) is 19.2. The maximum Gasteiger partial charge on any atom is 0.330 e. The SMILES string of the molecule is C[C@H](OC(=O)[C@@H]1CS[C@]2(C)CCC(=O)N12)C(=O)Nc1ccc(C(N)=O)cc1. The summed E-state index contributed by atoms with van der Waals surface area (Å²) in [4.78, 5) is 49.2. The lowest BCUT2D eigenvalue weighted by molar-refractivity contribution is -0.160. The van der Waals surface area contributed by atoms with E-state index in [0.29, 0.717) is 29.8 Å². The second kappa shape index (κ2) is 7.22. The number of thioether (sulfide) groups is 1. The first-order chi connectivity index (χ1) is 12.7. The molecule has 0 unspecified atom stereocenters. The predicted octanol–water partition coefficient (Wildman–Crippen LogP) is 1.11. The molecule has 0 aromatic heterocycles. The third-order valence-electron chi connectivity index (χ3n) is 4.82. The summed E-state index contributed by atoms with van der Waals surface area (Å²) in [5, 5.41) is 2.61. The molecule has 8 nitrogen and oxygen atoms in total. The monoisotopic (exact) mass is 391 g/mol. The first-order valence-corrected chi connectivity index (χ1v) is 9.57. The smallest absolute Gasteiger partial charge is 0.330 e. The van der Waals surface area contributed by atoms with Crippen molar-refractivity contribution >= 4 is 41.1 Å². The van der Waals surface area contributed by atoms with Gasteiger partial charge in [-0.2, -0.15) is 0 Å². The number of anilines is 1. The van der Waals surface area contributed by atoms with Crippen LogP contribution in [0.2, 0.25) is 0 Å². The number of amides is 3. The van der Waals surface area contributed by atoms with E-state index in [2.05, 4.69) is 5.32 Å². The van der Waals surface area contributed by atoms with Gasteiger partial charge in [-0.15, -0.1) is 11.8 Å². The molecule has 2 heterocycles. The van der Waals surface area contributed by atoms with Gasteiger partial charge in [0.25, 0.3) is 5.91 Å². The Hall–Kier alpha value is -2.55. The van der Waals surface area contributed by atoms with E-state index in [9.17, 15) is 19.2 Å². The number of rotatable bonds is 5. The van der Waals surface area contributed by atoms with Crippen molar-refractivity contribution in [1.82, 2.24) is 4.90 Å². The lowest BCUT2D eigenvalue weighted by Crippen LogP contribution is -2.48. The van der Waals surface area contributed by atoms with Crippen LogP contribution in [0.25, 0.3) is 0 Å². The normalized spacial score (nSPS) is 25.0. The van der Waals surface area contributed by atoms with E-state index in [1.165, 1.54) is 31.2 Å². The molecule has 9 heteroatoms. The summed E-state index contributed by atoms with van der Waals surface area (Å²) in [7, 11) is 0. The van der Waals surface area contributed by atoms with Gasteiger partial charge in [0, 0.05) is 23.4 Å². The number of fused-ring (bicyclic) bond motifs is 1. The van der Waals surface area contributed by atoms with Crippen molar-refractivity contribution in [1.29, 1.82) is 0 Å². The highest BCUT2D eigenvalue weighted by molar-refractivity contribution is 8.01. The number of hydrogen-bond acceptors (Lipinski definition) is 6. The number of benzene rings is 1. The molecule has 144 valence electrons. The van der Waals surface area contributed by atoms with Crippen molar-refractivity contribution in [3.05, 3.63) is 29.8 Å². The number of hydrogen-bond donors (Lipinski definition) is 2. The van der Waals surface area contributed by atoms with Crippen LogP contribution in [0.4, 0.5) is 5.69 Å². The second-order valence-electron chi connectivity index (χ2n) is 6.78. The minimum Gasteiger partial charge on any atom is -0.451 e. The van der Waals surface area contributed by atoms with Gasteiger partial charge in [0.1, 0.15) is 6.04 Å². The average Bonchev–Trinajstić information content (AvgIpc) is 3.11. The Kier molecular flexibility index (Phi) is 5.14. The Bertz CT molecular complexity index is 797. The molecule has 3 amide bonds. The number of nitrogens with zero attached hydrogens (tertiary/aromatic N) is 1. The lowest BCUT2D eigenvalue weighted by atomic mass is 10.2. The minimum absolute atomic E-state index is 0.0592. The Labute approximate surface area is 160 Å². The highest BCUT2D eigenvalue weighted by Crippen LogP contribution is 2.47. The number of nitrogens with one attached hydrogen (secondary N) is 1. The topological polar surface area (TPSA) is 119 Å². The van der Waals surface area contributed by atoms with Crippen LogP contribution in [0, 0.1) is 0 Å². The van der Waals surface area contributed by atoms with Crippen LogP contribution in [0.3, 0.4) is 0 Å². The van der Waals surface area contributed by atoms with E-state index in [-0.39, 0.29) is 10.8 Å². The fourth-order valence-electron chi connectivity index (χ4n) is 3.26. The van der Waals surface area contributed by atoms with Gasteiger partial charge < -0.3 is 20.7 Å². The molecule has 0 radical (unpaired) electrons. The molecule has 1 aromatic carbocycles. The third-order valence-corrected chi connectivity index (χ3v) is 6.32. The molecule has 3 atom stereocenters. The molecule has 3 N–H and O–H groups in total. The Morgan fingerprint density at radius 2 is 2.00 bits per heavy atom. The van der Waals surface area contributed by atoms with Crippen LogP contribution in [-0.4, -0.2) is 51.4 Å². The van der Waals surface area contributed by atoms with E-state index < -0.39 is 29.9 Å². The average molecular weight is 391 g/mol. The largest absolute Gasteiger partial charge is 0.451 e. The van der Waals surface area contributed by atoms with Crippen molar-refractivity contribution in [2.24, 2.45) is 5.73 Å². The van der Waals surface area contributed by atoms with Gasteiger partial charge in [0.05, 0.1) is 4.87 Å². The Morgan fingerprint density at radius 3 is 2.63 bits per heavy atom. The number of carbonyl (C=O) groups is 4. The molecule has 0 aliphatic carbocycles. The summed E-state index contributed by atoms with van der Waals surface area (Å²) in [5.41, 5.74) is 5.94. The first-order valence-electron chi connectivity index (χ1n) is 8.58. The summed E-state index contributed by atoms with van der Waals surface area (Å²) in [6, 6.07) is 5.39. The molecular formula is C18H21N3O5S. The summed E-state index contributed by atoms with van der Waals surface area (Å²) in [5.74, 6) is -1.24. The molecule has 1 aromatic rings. The van der Waals surface area contributed by atoms with Gasteiger partial charge >= 0.3 is 5.97 Å². The highest BCUT2D eigenvalue weighted by Gasteiger charge is 2.53. The van der Waals surface area contributed by atoms with Crippen molar-refractivity contribution in [3.8, 4) is 0 Å². The zero-order valence-corrected chi connectivity index (χ0v) is 15.9. The number of esters is 1. The van der Waals surface area contributed by atoms with Gasteiger partial charge in [-0.05, 0) is 44.5 Å². The van der Waals surface area contributed by atoms with Gasteiger partial charge in [0.2, 0.25) is 11.8 Å². The summed E-state index contributed by atoms with van der Waals surface area (Å²) in [6.45, 7) is 3.42. The Morgan fingerprint density at radius 1 is 1.33 bits per heavy atom. The van der Waals surface area contributed by atoms with Crippen molar-refractivity contribution in [2.75, 3.05) is 11.1 Å². The van der Waals surface area contributed by atoms with E-state index in [0.717, 1.165) is 0 Å². The summed E-state index contributed by atoms with van der Waals surface area (Å²) < 4.78 is 5.30. The van der Waals surface area contributed by atoms with E-state index >= 15 is 0 Å². The van der Waals surface area contributed by atoms with Crippen LogP contribution in [-0.2, 0) is 19.1 Å². The van der Waals surface area contributed by atoms with Crippen LogP contribution in [0.5, 0.6) is 0 Å². The fourth-order valence-corrected chi connectivity index (χ4v) is 4.68. The molecule has 2 aliphatic rings. The van der Waals surface area contributed by atoms with E-state index in [1.807, 2.05) is 6.92 Å². The number of nitrogens with two attached hydrogens (primary N) is 1. The second-order valence-corrected chi connectivity index (χ2v) is 8.28. The molecule has 2 aliphatic heterocycles. The molecule has 0 spiro atoms. The van der Waals surface area contributed by atoms with Crippen molar-refractivity contribution < 1.29 is 23.9 Å². The zero-order valence-electron chi connectivity index (χ0n) is 15.1. The van der Waals surface area contributed by atoms with Gasteiger partial charge in [0.15, 0.2) is 6.10 Å².